The van der Waals surface area contributed by atoms with Crippen molar-refractivity contribution >= 4 is 46.4 Å². The first-order valence-corrected chi connectivity index (χ1v) is 3.57. The number of rotatable bonds is 0. The van der Waals surface area contributed by atoms with Gasteiger partial charge in [0.15, 0.2) is 0 Å². The molecule has 0 aromatic carbocycles. The minimum atomic E-state index is -1.75. The van der Waals surface area contributed by atoms with Crippen LogP contribution >= 0.6 is 46.4 Å². The van der Waals surface area contributed by atoms with E-state index in [4.69, 9.17) is 46.4 Å². The van der Waals surface area contributed by atoms with Crippen LogP contribution in [0.3, 0.4) is 0 Å². The van der Waals surface area contributed by atoms with Crippen molar-refractivity contribution < 1.29 is 0 Å². The molecule has 0 aliphatic carbocycles. The molecule has 1 rings (SSSR count). The van der Waals surface area contributed by atoms with Crippen LogP contribution < -0.4 is 0 Å². The molecular weight excluding hydrogens is 222 g/mol. The van der Waals surface area contributed by atoms with Gasteiger partial charge in [-0.15, -0.1) is 10.2 Å². The Balaban J connectivity index is 2.96. The van der Waals surface area contributed by atoms with E-state index in [1.807, 2.05) is 0 Å². The topological polar surface area (TPSA) is 49.4 Å². The predicted molar refractivity (Wildman–Crippen MR) is 38.6 cm³/mol. The molecule has 0 aromatic rings. The molecule has 0 spiro atoms. The number of alkyl halides is 4. The second-order valence-corrected chi connectivity index (χ2v) is 4.04. The van der Waals surface area contributed by atoms with E-state index in [0.717, 1.165) is 0 Å². The van der Waals surface area contributed by atoms with E-state index in [0.29, 0.717) is 0 Å². The predicted octanol–water partition coefficient (Wildman–Crippen LogP) is 3.08. The molecule has 0 N–H and O–H groups in total. The number of hydrogen-bond acceptors (Lipinski definition) is 4. The van der Waals surface area contributed by atoms with E-state index in [9.17, 15) is 0 Å². The SMILES string of the molecule is ClC1(Cl)N=NN=NC1(Cl)Cl. The van der Waals surface area contributed by atoms with Crippen molar-refractivity contribution in [2.45, 2.75) is 8.91 Å². The molecule has 0 amide bonds. The lowest BCUT2D eigenvalue weighted by atomic mass is 10.6. The van der Waals surface area contributed by atoms with Gasteiger partial charge in [-0.1, -0.05) is 46.4 Å². The molecule has 10 heavy (non-hydrogen) atoms. The molecule has 1 aliphatic rings. The van der Waals surface area contributed by atoms with Crippen molar-refractivity contribution in [3.8, 4) is 0 Å². The summed E-state index contributed by atoms with van der Waals surface area (Å²) in [6.07, 6.45) is 0. The van der Waals surface area contributed by atoms with Gasteiger partial charge >= 0.3 is 0 Å². The van der Waals surface area contributed by atoms with E-state index in [2.05, 4.69) is 20.7 Å². The lowest BCUT2D eigenvalue weighted by molar-refractivity contribution is 0.570. The summed E-state index contributed by atoms with van der Waals surface area (Å²) in [4.78, 5) is 0. The Morgan fingerprint density at radius 2 is 1.00 bits per heavy atom. The summed E-state index contributed by atoms with van der Waals surface area (Å²) >= 11 is 21.8. The zero-order valence-electron chi connectivity index (χ0n) is 4.30. The minimum absolute atomic E-state index is 1.75. The second-order valence-electron chi connectivity index (χ2n) is 1.46. The van der Waals surface area contributed by atoms with Gasteiger partial charge < -0.3 is 0 Å². The largest absolute Gasteiger partial charge is 0.284 e. The Morgan fingerprint density at radius 1 is 0.700 bits per heavy atom. The lowest BCUT2D eigenvalue weighted by Crippen LogP contribution is -2.33. The first-order chi connectivity index (χ1) is 4.46. The molecule has 0 aromatic heterocycles. The first kappa shape index (κ1) is 8.46. The summed E-state index contributed by atoms with van der Waals surface area (Å²) in [6, 6.07) is 0. The highest BCUT2D eigenvalue weighted by Gasteiger charge is 2.50. The second kappa shape index (κ2) is 2.44. The van der Waals surface area contributed by atoms with Crippen LogP contribution in [0.25, 0.3) is 0 Å². The average Bonchev–Trinajstić information content (AvgIpc) is 1.77. The fraction of sp³-hybridized carbons (Fsp3) is 1.00. The maximum Gasteiger partial charge on any atom is 0.284 e. The summed E-state index contributed by atoms with van der Waals surface area (Å²) in [6.45, 7) is 0. The highest BCUT2D eigenvalue weighted by atomic mass is 35.5. The van der Waals surface area contributed by atoms with E-state index < -0.39 is 8.91 Å². The van der Waals surface area contributed by atoms with Crippen molar-refractivity contribution in [1.29, 1.82) is 0 Å². The summed E-state index contributed by atoms with van der Waals surface area (Å²) in [5, 5.41) is 12.6. The third-order valence-electron chi connectivity index (χ3n) is 0.743. The smallest absolute Gasteiger partial charge is 0.122 e. The van der Waals surface area contributed by atoms with Gasteiger partial charge in [0.1, 0.15) is 0 Å². The van der Waals surface area contributed by atoms with Crippen LogP contribution in [-0.2, 0) is 0 Å². The van der Waals surface area contributed by atoms with Gasteiger partial charge in [0, 0.05) is 0 Å². The molecule has 56 valence electrons. The summed E-state index contributed by atoms with van der Waals surface area (Å²) in [7, 11) is 0. The van der Waals surface area contributed by atoms with Crippen LogP contribution in [-0.4, -0.2) is 8.91 Å². The van der Waals surface area contributed by atoms with Gasteiger partial charge in [0.2, 0.25) is 0 Å². The molecule has 0 fully saturated rings. The van der Waals surface area contributed by atoms with Gasteiger partial charge in [-0.3, -0.25) is 0 Å². The molecule has 1 heterocycles. The van der Waals surface area contributed by atoms with Gasteiger partial charge in [-0.2, -0.15) is 0 Å². The third kappa shape index (κ3) is 1.34. The standard InChI is InChI=1S/C2Cl4N4/c3-1(4)2(5,6)8-10-9-7-1. The van der Waals surface area contributed by atoms with E-state index in [1.54, 1.807) is 0 Å². The molecule has 0 saturated heterocycles. The molecule has 8 heteroatoms. The third-order valence-corrected chi connectivity index (χ3v) is 2.53. The molecule has 0 atom stereocenters. The van der Waals surface area contributed by atoms with Crippen molar-refractivity contribution in [3.05, 3.63) is 0 Å². The van der Waals surface area contributed by atoms with Gasteiger partial charge in [0.05, 0.1) is 0 Å². The molecule has 1 aliphatic heterocycles. The Bertz CT molecular complexity index is 173. The molecule has 0 saturated carbocycles. The lowest BCUT2D eigenvalue weighted by Gasteiger charge is -2.23. The number of hydrogen-bond donors (Lipinski definition) is 0. The van der Waals surface area contributed by atoms with Crippen molar-refractivity contribution in [2.24, 2.45) is 20.7 Å². The van der Waals surface area contributed by atoms with Gasteiger partial charge in [0.25, 0.3) is 8.91 Å². The Morgan fingerprint density at radius 3 is 1.20 bits per heavy atom. The highest BCUT2D eigenvalue weighted by molar-refractivity contribution is 6.62. The monoisotopic (exact) mass is 220 g/mol. The number of halogens is 4. The zero-order valence-corrected chi connectivity index (χ0v) is 7.32. The fourth-order valence-corrected chi connectivity index (χ4v) is 0.559. The number of nitrogens with zero attached hydrogens (tertiary/aromatic N) is 4. The van der Waals surface area contributed by atoms with Crippen LogP contribution in [0.4, 0.5) is 0 Å². The summed E-state index contributed by atoms with van der Waals surface area (Å²) in [5.74, 6) is 0. The van der Waals surface area contributed by atoms with E-state index in [1.165, 1.54) is 0 Å². The molecule has 0 unspecified atom stereocenters. The Labute approximate surface area is 76.2 Å². The Hall–Kier alpha value is 0.360. The van der Waals surface area contributed by atoms with Crippen LogP contribution in [0, 0.1) is 0 Å². The van der Waals surface area contributed by atoms with Gasteiger partial charge in [-0.05, 0) is 10.4 Å². The molecular formula is C2Cl4N4. The van der Waals surface area contributed by atoms with Crippen molar-refractivity contribution in [1.82, 2.24) is 0 Å². The molecule has 4 nitrogen and oxygen atoms in total. The van der Waals surface area contributed by atoms with Crippen LogP contribution in [0.5, 0.6) is 0 Å². The van der Waals surface area contributed by atoms with E-state index in [-0.39, 0.29) is 0 Å². The summed E-state index contributed by atoms with van der Waals surface area (Å²) in [5.41, 5.74) is 0. The molecule has 0 bridgehead atoms. The normalized spacial score (nSPS) is 26.8. The zero-order chi connectivity index (χ0) is 7.83. The van der Waals surface area contributed by atoms with Gasteiger partial charge in [-0.25, -0.2) is 0 Å². The van der Waals surface area contributed by atoms with Crippen LogP contribution in [0.2, 0.25) is 0 Å². The maximum atomic E-state index is 5.45. The minimum Gasteiger partial charge on any atom is -0.122 e. The fourth-order valence-electron chi connectivity index (χ4n) is 0.273. The Kier molecular flexibility index (Phi) is 2.07. The van der Waals surface area contributed by atoms with Crippen LogP contribution in [0.1, 0.15) is 0 Å². The molecule has 0 radical (unpaired) electrons. The average molecular weight is 222 g/mol. The highest BCUT2D eigenvalue weighted by Crippen LogP contribution is 2.46. The summed E-state index contributed by atoms with van der Waals surface area (Å²) < 4.78 is -3.50. The van der Waals surface area contributed by atoms with Crippen LogP contribution in [0.15, 0.2) is 20.7 Å². The van der Waals surface area contributed by atoms with Crippen molar-refractivity contribution in [3.63, 3.8) is 0 Å². The maximum absolute atomic E-state index is 5.45. The van der Waals surface area contributed by atoms with Crippen molar-refractivity contribution in [2.75, 3.05) is 0 Å². The first-order valence-electron chi connectivity index (χ1n) is 2.05. The van der Waals surface area contributed by atoms with E-state index >= 15 is 0 Å². The quantitative estimate of drug-likeness (QED) is 0.446.